The van der Waals surface area contributed by atoms with Gasteiger partial charge in [-0.15, -0.1) is 11.3 Å². The van der Waals surface area contributed by atoms with Gasteiger partial charge in [-0.3, -0.25) is 0 Å². The second-order valence-electron chi connectivity index (χ2n) is 3.91. The van der Waals surface area contributed by atoms with Crippen molar-refractivity contribution in [3.63, 3.8) is 0 Å². The van der Waals surface area contributed by atoms with Gasteiger partial charge in [0.1, 0.15) is 11.6 Å². The van der Waals surface area contributed by atoms with Crippen LogP contribution in [0.2, 0.25) is 0 Å². The summed E-state index contributed by atoms with van der Waals surface area (Å²) in [6, 6.07) is 4.50. The third-order valence-corrected chi connectivity index (χ3v) is 3.86. The molecule has 0 aliphatic rings. The number of rotatable bonds is 4. The van der Waals surface area contributed by atoms with Gasteiger partial charge in [-0.25, -0.2) is 9.37 Å². The van der Waals surface area contributed by atoms with Gasteiger partial charge in [-0.2, -0.15) is 0 Å². The fraction of sp³-hybridized carbons (Fsp3) is 0.308. The van der Waals surface area contributed by atoms with E-state index in [0.29, 0.717) is 12.3 Å². The van der Waals surface area contributed by atoms with E-state index in [9.17, 15) is 4.39 Å². The number of aryl methyl sites for hydroxylation is 1. The molecule has 2 aromatic rings. The topological polar surface area (TPSA) is 48.1 Å². The van der Waals surface area contributed by atoms with Crippen LogP contribution in [0.1, 0.15) is 10.7 Å². The van der Waals surface area contributed by atoms with Crippen molar-refractivity contribution in [2.45, 2.75) is 13.3 Å². The molecule has 2 rings (SSSR count). The Labute approximate surface area is 109 Å². The summed E-state index contributed by atoms with van der Waals surface area (Å²) in [5.74, 6) is 0.376. The summed E-state index contributed by atoms with van der Waals surface area (Å²) in [6.45, 7) is 2.48. The third-order valence-electron chi connectivity index (χ3n) is 2.61. The van der Waals surface area contributed by atoms with Crippen molar-refractivity contribution in [2.75, 3.05) is 13.7 Å². The molecule has 0 amide bonds. The standard InChI is InChI=1S/C13H15FN2OS/c1-8-13(18-12(16-8)5-6-15)10-7-9(14)3-4-11(10)17-2/h3-4,7H,5-6,15H2,1-2H3. The van der Waals surface area contributed by atoms with Crippen LogP contribution in [0.3, 0.4) is 0 Å². The maximum absolute atomic E-state index is 13.4. The SMILES string of the molecule is COc1ccc(F)cc1-c1sc(CCN)nc1C. The molecule has 0 bridgehead atoms. The molecular formula is C13H15FN2OS. The maximum atomic E-state index is 13.4. The van der Waals surface area contributed by atoms with Crippen molar-refractivity contribution in [1.29, 1.82) is 0 Å². The Morgan fingerprint density at radius 1 is 1.44 bits per heavy atom. The minimum Gasteiger partial charge on any atom is -0.496 e. The number of benzene rings is 1. The molecule has 1 aromatic carbocycles. The fourth-order valence-corrected chi connectivity index (χ4v) is 2.89. The Morgan fingerprint density at radius 2 is 2.22 bits per heavy atom. The number of halogens is 1. The summed E-state index contributed by atoms with van der Waals surface area (Å²) in [5, 5.41) is 0.969. The van der Waals surface area contributed by atoms with Crippen molar-refractivity contribution in [3.05, 3.63) is 34.7 Å². The molecule has 0 fully saturated rings. The molecule has 0 atom stereocenters. The van der Waals surface area contributed by atoms with Crippen LogP contribution < -0.4 is 10.5 Å². The number of methoxy groups -OCH3 is 1. The van der Waals surface area contributed by atoms with Crippen LogP contribution >= 0.6 is 11.3 Å². The number of ether oxygens (including phenoxy) is 1. The Morgan fingerprint density at radius 3 is 2.89 bits per heavy atom. The van der Waals surface area contributed by atoms with E-state index in [4.69, 9.17) is 10.5 Å². The van der Waals surface area contributed by atoms with E-state index in [0.717, 1.165) is 27.6 Å². The molecule has 0 saturated carbocycles. The summed E-state index contributed by atoms with van der Waals surface area (Å²) < 4.78 is 18.6. The van der Waals surface area contributed by atoms with Crippen LogP contribution in [0, 0.1) is 12.7 Å². The molecule has 0 radical (unpaired) electrons. The predicted molar refractivity (Wildman–Crippen MR) is 71.6 cm³/mol. The number of thiazole rings is 1. The van der Waals surface area contributed by atoms with Crippen LogP contribution in [-0.4, -0.2) is 18.6 Å². The van der Waals surface area contributed by atoms with Gasteiger partial charge >= 0.3 is 0 Å². The molecule has 3 nitrogen and oxygen atoms in total. The Bertz CT molecular complexity index is 554. The largest absolute Gasteiger partial charge is 0.496 e. The molecule has 2 N–H and O–H groups in total. The zero-order chi connectivity index (χ0) is 13.1. The molecule has 96 valence electrons. The zero-order valence-corrected chi connectivity index (χ0v) is 11.2. The zero-order valence-electron chi connectivity index (χ0n) is 10.4. The number of nitrogens with two attached hydrogens (primary N) is 1. The van der Waals surface area contributed by atoms with E-state index in [2.05, 4.69) is 4.98 Å². The van der Waals surface area contributed by atoms with Crippen molar-refractivity contribution >= 4 is 11.3 Å². The van der Waals surface area contributed by atoms with Crippen molar-refractivity contribution in [1.82, 2.24) is 4.98 Å². The van der Waals surface area contributed by atoms with Crippen LogP contribution in [0.15, 0.2) is 18.2 Å². The molecule has 0 saturated heterocycles. The van der Waals surface area contributed by atoms with E-state index in [1.807, 2.05) is 6.92 Å². The Balaban J connectivity index is 2.50. The lowest BCUT2D eigenvalue weighted by molar-refractivity contribution is 0.415. The molecular weight excluding hydrogens is 251 g/mol. The van der Waals surface area contributed by atoms with Gasteiger partial charge in [0.25, 0.3) is 0 Å². The van der Waals surface area contributed by atoms with Gasteiger partial charge in [0.05, 0.1) is 22.7 Å². The normalized spacial score (nSPS) is 10.7. The van der Waals surface area contributed by atoms with Crippen molar-refractivity contribution in [2.24, 2.45) is 5.73 Å². The average molecular weight is 266 g/mol. The highest BCUT2D eigenvalue weighted by molar-refractivity contribution is 7.15. The third kappa shape index (κ3) is 2.52. The molecule has 0 spiro atoms. The monoisotopic (exact) mass is 266 g/mol. The van der Waals surface area contributed by atoms with E-state index in [1.54, 1.807) is 13.2 Å². The van der Waals surface area contributed by atoms with Gasteiger partial charge in [-0.1, -0.05) is 0 Å². The van der Waals surface area contributed by atoms with Gasteiger partial charge in [0.15, 0.2) is 0 Å². The van der Waals surface area contributed by atoms with Gasteiger partial charge in [0, 0.05) is 12.0 Å². The minimum absolute atomic E-state index is 0.279. The molecule has 1 heterocycles. The predicted octanol–water partition coefficient (Wildman–Crippen LogP) is 2.77. The first kappa shape index (κ1) is 13.0. The minimum atomic E-state index is -0.279. The van der Waals surface area contributed by atoms with E-state index < -0.39 is 0 Å². The Hall–Kier alpha value is -1.46. The van der Waals surface area contributed by atoms with Crippen LogP contribution in [0.5, 0.6) is 5.75 Å². The average Bonchev–Trinajstić information content (AvgIpc) is 2.70. The van der Waals surface area contributed by atoms with E-state index >= 15 is 0 Å². The lowest BCUT2D eigenvalue weighted by Crippen LogP contribution is -2.01. The summed E-state index contributed by atoms with van der Waals surface area (Å²) in [7, 11) is 1.58. The number of nitrogens with zero attached hydrogens (tertiary/aromatic N) is 1. The highest BCUT2D eigenvalue weighted by Crippen LogP contribution is 2.36. The lowest BCUT2D eigenvalue weighted by atomic mass is 10.1. The van der Waals surface area contributed by atoms with Gasteiger partial charge in [-0.05, 0) is 31.7 Å². The second-order valence-corrected chi connectivity index (χ2v) is 4.99. The summed E-state index contributed by atoms with van der Waals surface area (Å²) in [4.78, 5) is 5.38. The van der Waals surface area contributed by atoms with E-state index in [-0.39, 0.29) is 5.82 Å². The highest BCUT2D eigenvalue weighted by Gasteiger charge is 2.14. The molecule has 0 unspecified atom stereocenters. The summed E-state index contributed by atoms with van der Waals surface area (Å²) >= 11 is 1.54. The number of hydrogen-bond donors (Lipinski definition) is 1. The number of hydrogen-bond acceptors (Lipinski definition) is 4. The molecule has 1 aromatic heterocycles. The molecule has 18 heavy (non-hydrogen) atoms. The van der Waals surface area contributed by atoms with Crippen LogP contribution in [0.4, 0.5) is 4.39 Å². The van der Waals surface area contributed by atoms with E-state index in [1.165, 1.54) is 23.5 Å². The lowest BCUT2D eigenvalue weighted by Gasteiger charge is -2.07. The first-order valence-electron chi connectivity index (χ1n) is 5.66. The summed E-state index contributed by atoms with van der Waals surface area (Å²) in [5.41, 5.74) is 7.15. The molecule has 0 aliphatic carbocycles. The van der Waals surface area contributed by atoms with Gasteiger partial charge in [0.2, 0.25) is 0 Å². The second kappa shape index (κ2) is 5.46. The highest BCUT2D eigenvalue weighted by atomic mass is 32.1. The molecule has 0 aliphatic heterocycles. The summed E-state index contributed by atoms with van der Waals surface area (Å²) in [6.07, 6.45) is 0.739. The molecule has 5 heteroatoms. The smallest absolute Gasteiger partial charge is 0.127 e. The van der Waals surface area contributed by atoms with Crippen LogP contribution in [-0.2, 0) is 6.42 Å². The van der Waals surface area contributed by atoms with Crippen molar-refractivity contribution < 1.29 is 9.13 Å². The van der Waals surface area contributed by atoms with Crippen LogP contribution in [0.25, 0.3) is 10.4 Å². The first-order chi connectivity index (χ1) is 8.65. The first-order valence-corrected chi connectivity index (χ1v) is 6.47. The fourth-order valence-electron chi connectivity index (χ4n) is 1.79. The number of aromatic nitrogens is 1. The quantitative estimate of drug-likeness (QED) is 0.925. The van der Waals surface area contributed by atoms with Gasteiger partial charge < -0.3 is 10.5 Å². The maximum Gasteiger partial charge on any atom is 0.127 e. The van der Waals surface area contributed by atoms with Crippen molar-refractivity contribution in [3.8, 4) is 16.2 Å². The Kier molecular flexibility index (Phi) is 3.93.